The van der Waals surface area contributed by atoms with E-state index in [1.54, 1.807) is 0 Å². The molecule has 0 aromatic heterocycles. The lowest BCUT2D eigenvalue weighted by molar-refractivity contribution is -0.231. The molecule has 5 nitrogen and oxygen atoms in total. The van der Waals surface area contributed by atoms with Gasteiger partial charge in [0.15, 0.2) is 0 Å². The van der Waals surface area contributed by atoms with Crippen LogP contribution >= 0.6 is 0 Å². The smallest absolute Gasteiger partial charge is 0.113 e. The molecule has 162 valence electrons. The number of aliphatic hydroxyl groups is 4. The van der Waals surface area contributed by atoms with Crippen LogP contribution in [0.1, 0.15) is 28.4 Å². The third-order valence-electron chi connectivity index (χ3n) is 6.05. The Labute approximate surface area is 182 Å². The van der Waals surface area contributed by atoms with Gasteiger partial charge < -0.3 is 25.2 Å². The second-order valence-electron chi connectivity index (χ2n) is 8.18. The van der Waals surface area contributed by atoms with Crippen molar-refractivity contribution in [2.75, 3.05) is 6.61 Å². The summed E-state index contributed by atoms with van der Waals surface area (Å²) in [5.74, 6) is 0. The van der Waals surface area contributed by atoms with Crippen LogP contribution < -0.4 is 0 Å². The quantitative estimate of drug-likeness (QED) is 0.510. The molecule has 3 aromatic rings. The number of aryl methyl sites for hydroxylation is 1. The fraction of sp³-hybridized carbons (Fsp3) is 0.308. The molecule has 4 N–H and O–H groups in total. The second-order valence-corrected chi connectivity index (χ2v) is 8.18. The largest absolute Gasteiger partial charge is 0.394 e. The Kier molecular flexibility index (Phi) is 6.51. The Morgan fingerprint density at radius 3 is 2.13 bits per heavy atom. The highest BCUT2D eigenvalue weighted by Gasteiger charge is 2.43. The summed E-state index contributed by atoms with van der Waals surface area (Å²) in [6.45, 7) is 1.60. The summed E-state index contributed by atoms with van der Waals surface area (Å²) < 4.78 is 5.72. The van der Waals surface area contributed by atoms with Crippen LogP contribution in [0.2, 0.25) is 0 Å². The fourth-order valence-electron chi connectivity index (χ4n) is 4.10. The topological polar surface area (TPSA) is 90.2 Å². The number of aliphatic hydroxyl groups excluding tert-OH is 4. The van der Waals surface area contributed by atoms with Crippen molar-refractivity contribution in [2.45, 2.75) is 43.9 Å². The highest BCUT2D eigenvalue weighted by atomic mass is 16.5. The van der Waals surface area contributed by atoms with Gasteiger partial charge in [0.25, 0.3) is 0 Å². The first kappa shape index (κ1) is 21.7. The molecule has 1 aliphatic heterocycles. The standard InChI is InChI=1S/C26H28O5/c1-16-7-10-20(26-25(30)24(29)23(28)22(15-27)31-26)14-21(16)13-17-8-11-19(12-9-17)18-5-3-2-4-6-18/h2-12,14,22-30H,13,15H2,1H3. The van der Waals surface area contributed by atoms with Gasteiger partial charge in [-0.2, -0.15) is 0 Å². The highest BCUT2D eigenvalue weighted by Crippen LogP contribution is 2.33. The summed E-state index contributed by atoms with van der Waals surface area (Å²) in [6, 6.07) is 24.5. The minimum Gasteiger partial charge on any atom is -0.394 e. The van der Waals surface area contributed by atoms with E-state index in [0.29, 0.717) is 12.0 Å². The predicted molar refractivity (Wildman–Crippen MR) is 119 cm³/mol. The first-order valence-corrected chi connectivity index (χ1v) is 10.5. The van der Waals surface area contributed by atoms with Crippen LogP contribution in [-0.4, -0.2) is 51.4 Å². The third kappa shape index (κ3) is 4.56. The summed E-state index contributed by atoms with van der Waals surface area (Å²) in [6.07, 6.45) is -5.05. The molecule has 31 heavy (non-hydrogen) atoms. The molecule has 1 heterocycles. The molecule has 3 aromatic carbocycles. The minimum atomic E-state index is -1.38. The molecule has 1 fully saturated rings. The van der Waals surface area contributed by atoms with E-state index in [0.717, 1.165) is 22.3 Å². The Hall–Kier alpha value is -2.54. The number of hydrogen-bond acceptors (Lipinski definition) is 5. The van der Waals surface area contributed by atoms with E-state index in [9.17, 15) is 20.4 Å². The van der Waals surface area contributed by atoms with Gasteiger partial charge in [0.2, 0.25) is 0 Å². The fourth-order valence-corrected chi connectivity index (χ4v) is 4.10. The molecule has 0 spiro atoms. The lowest BCUT2D eigenvalue weighted by Crippen LogP contribution is -2.55. The van der Waals surface area contributed by atoms with Crippen LogP contribution in [0.3, 0.4) is 0 Å². The van der Waals surface area contributed by atoms with Gasteiger partial charge in [-0.15, -0.1) is 0 Å². The van der Waals surface area contributed by atoms with E-state index in [2.05, 4.69) is 36.4 Å². The van der Waals surface area contributed by atoms with Crippen LogP contribution in [0.25, 0.3) is 11.1 Å². The molecule has 1 saturated heterocycles. The molecule has 0 radical (unpaired) electrons. The molecule has 0 bridgehead atoms. The summed E-state index contributed by atoms with van der Waals surface area (Å²) in [4.78, 5) is 0. The van der Waals surface area contributed by atoms with Gasteiger partial charge in [0, 0.05) is 0 Å². The van der Waals surface area contributed by atoms with E-state index in [1.165, 1.54) is 5.56 Å². The SMILES string of the molecule is Cc1ccc(C2OC(CO)C(O)C(O)C2O)cc1Cc1ccc(-c2ccccc2)cc1. The average Bonchev–Trinajstić information content (AvgIpc) is 2.80. The monoisotopic (exact) mass is 420 g/mol. The number of ether oxygens (including phenoxy) is 1. The second kappa shape index (κ2) is 9.30. The molecule has 0 amide bonds. The summed E-state index contributed by atoms with van der Waals surface area (Å²) >= 11 is 0. The number of benzene rings is 3. The Morgan fingerprint density at radius 2 is 1.45 bits per heavy atom. The molecule has 5 unspecified atom stereocenters. The highest BCUT2D eigenvalue weighted by molar-refractivity contribution is 5.63. The summed E-state index contributed by atoms with van der Waals surface area (Å²) in [7, 11) is 0. The van der Waals surface area contributed by atoms with Gasteiger partial charge in [-0.1, -0.05) is 72.8 Å². The van der Waals surface area contributed by atoms with Crippen molar-refractivity contribution >= 4 is 0 Å². The molecular formula is C26H28O5. The van der Waals surface area contributed by atoms with Crippen molar-refractivity contribution in [1.29, 1.82) is 0 Å². The average molecular weight is 421 g/mol. The van der Waals surface area contributed by atoms with Crippen LogP contribution in [0, 0.1) is 6.92 Å². The molecule has 1 aliphatic rings. The van der Waals surface area contributed by atoms with Crippen molar-refractivity contribution in [3.05, 3.63) is 95.1 Å². The molecule has 0 aliphatic carbocycles. The van der Waals surface area contributed by atoms with Crippen molar-refractivity contribution in [3.8, 4) is 11.1 Å². The molecule has 5 heteroatoms. The predicted octanol–water partition coefficient (Wildman–Crippen LogP) is 2.77. The van der Waals surface area contributed by atoms with Crippen molar-refractivity contribution < 1.29 is 25.2 Å². The van der Waals surface area contributed by atoms with E-state index >= 15 is 0 Å². The van der Waals surface area contributed by atoms with E-state index in [4.69, 9.17) is 4.74 Å². The van der Waals surface area contributed by atoms with Crippen LogP contribution in [0.4, 0.5) is 0 Å². The maximum Gasteiger partial charge on any atom is 0.113 e. The Bertz CT molecular complexity index is 1000. The number of rotatable bonds is 5. The van der Waals surface area contributed by atoms with Crippen LogP contribution in [0.5, 0.6) is 0 Å². The van der Waals surface area contributed by atoms with Crippen molar-refractivity contribution in [1.82, 2.24) is 0 Å². The maximum absolute atomic E-state index is 10.4. The summed E-state index contributed by atoms with van der Waals surface area (Å²) in [5.41, 5.74) is 6.40. The molecular weight excluding hydrogens is 392 g/mol. The van der Waals surface area contributed by atoms with Crippen molar-refractivity contribution in [2.24, 2.45) is 0 Å². The first-order valence-electron chi connectivity index (χ1n) is 10.5. The lowest BCUT2D eigenvalue weighted by atomic mass is 9.89. The van der Waals surface area contributed by atoms with Gasteiger partial charge in [-0.05, 0) is 46.7 Å². The van der Waals surface area contributed by atoms with Gasteiger partial charge >= 0.3 is 0 Å². The zero-order valence-electron chi connectivity index (χ0n) is 17.4. The van der Waals surface area contributed by atoms with Gasteiger partial charge in [-0.25, -0.2) is 0 Å². The third-order valence-corrected chi connectivity index (χ3v) is 6.05. The number of hydrogen-bond donors (Lipinski definition) is 4. The van der Waals surface area contributed by atoms with E-state index in [1.807, 2.05) is 43.3 Å². The molecule has 5 atom stereocenters. The zero-order valence-corrected chi connectivity index (χ0v) is 17.4. The first-order chi connectivity index (χ1) is 15.0. The molecule has 4 rings (SSSR count). The normalized spacial score (nSPS) is 26.0. The van der Waals surface area contributed by atoms with Gasteiger partial charge in [0.05, 0.1) is 6.61 Å². The Balaban J connectivity index is 1.56. The van der Waals surface area contributed by atoms with Crippen LogP contribution in [-0.2, 0) is 11.2 Å². The van der Waals surface area contributed by atoms with Gasteiger partial charge in [0.1, 0.15) is 30.5 Å². The van der Waals surface area contributed by atoms with Crippen LogP contribution in [0.15, 0.2) is 72.8 Å². The minimum absolute atomic E-state index is 0.437. The summed E-state index contributed by atoms with van der Waals surface area (Å²) in [5, 5.41) is 40.0. The van der Waals surface area contributed by atoms with E-state index in [-0.39, 0.29) is 0 Å². The van der Waals surface area contributed by atoms with Crippen molar-refractivity contribution in [3.63, 3.8) is 0 Å². The van der Waals surface area contributed by atoms with Gasteiger partial charge in [-0.3, -0.25) is 0 Å². The zero-order chi connectivity index (χ0) is 22.0. The Morgan fingerprint density at radius 1 is 0.774 bits per heavy atom. The maximum atomic E-state index is 10.4. The van der Waals surface area contributed by atoms with E-state index < -0.39 is 37.1 Å². The lowest BCUT2D eigenvalue weighted by Gasteiger charge is -2.40. The molecule has 0 saturated carbocycles.